The van der Waals surface area contributed by atoms with Crippen LogP contribution in [-0.2, 0) is 11.0 Å². The van der Waals surface area contributed by atoms with Gasteiger partial charge in [0, 0.05) is 11.4 Å². The van der Waals surface area contributed by atoms with Crippen LogP contribution in [-0.4, -0.2) is 11.9 Å². The summed E-state index contributed by atoms with van der Waals surface area (Å²) >= 11 is 0. The molecule has 0 bridgehead atoms. The number of amides is 3. The fourth-order valence-electron chi connectivity index (χ4n) is 2.98. The first-order valence-electron chi connectivity index (χ1n) is 8.48. The molecule has 2 aromatic carbocycles. The number of carbonyl (C=O) groups is 2. The Hall–Kier alpha value is -3.29. The van der Waals surface area contributed by atoms with Crippen molar-refractivity contribution in [3.05, 3.63) is 76.5 Å². The molecule has 0 unspecified atom stereocenters. The summed E-state index contributed by atoms with van der Waals surface area (Å²) in [7, 11) is 0. The monoisotopic (exact) mass is 389 g/mol. The third kappa shape index (κ3) is 4.16. The number of benzene rings is 2. The van der Waals surface area contributed by atoms with Gasteiger partial charge in [-0.15, -0.1) is 0 Å². The molecule has 146 valence electrons. The Kier molecular flexibility index (Phi) is 5.13. The van der Waals surface area contributed by atoms with E-state index in [1.54, 1.807) is 19.1 Å². The summed E-state index contributed by atoms with van der Waals surface area (Å²) in [5, 5.41) is 7.71. The number of alkyl halides is 3. The van der Waals surface area contributed by atoms with Gasteiger partial charge >= 0.3 is 12.2 Å². The predicted molar refractivity (Wildman–Crippen MR) is 98.4 cm³/mol. The summed E-state index contributed by atoms with van der Waals surface area (Å²) in [6, 6.07) is 10.5. The molecule has 8 heteroatoms. The minimum absolute atomic E-state index is 0.0136. The summed E-state index contributed by atoms with van der Waals surface area (Å²) in [6.45, 7) is 3.48. The predicted octanol–water partition coefficient (Wildman–Crippen LogP) is 4.28. The van der Waals surface area contributed by atoms with Crippen LogP contribution in [0.2, 0.25) is 0 Å². The van der Waals surface area contributed by atoms with E-state index in [0.717, 1.165) is 17.7 Å². The van der Waals surface area contributed by atoms with Crippen LogP contribution in [0.5, 0.6) is 0 Å². The third-order valence-corrected chi connectivity index (χ3v) is 4.37. The first-order chi connectivity index (χ1) is 13.1. The molecule has 0 fully saturated rings. The van der Waals surface area contributed by atoms with Gasteiger partial charge in [-0.2, -0.15) is 13.2 Å². The van der Waals surface area contributed by atoms with Gasteiger partial charge in [0.05, 0.1) is 17.2 Å². The summed E-state index contributed by atoms with van der Waals surface area (Å²) in [5.74, 6) is -0.602. The molecule has 3 rings (SSSR count). The van der Waals surface area contributed by atoms with Crippen molar-refractivity contribution < 1.29 is 22.8 Å². The van der Waals surface area contributed by atoms with E-state index in [1.165, 1.54) is 12.1 Å². The summed E-state index contributed by atoms with van der Waals surface area (Å²) in [5.41, 5.74) is 1.41. The molecule has 0 aromatic heterocycles. The molecular weight excluding hydrogens is 371 g/mol. The number of carbonyl (C=O) groups excluding carboxylic acids is 2. The maximum Gasteiger partial charge on any atom is 0.416 e. The maximum atomic E-state index is 12.9. The normalized spacial score (nSPS) is 17.0. The standard InChI is InChI=1S/C20H18F3N3O2/c1-11-6-8-13(9-7-11)17-16(12(2)24-19(28)26-17)18(27)25-15-5-3-4-14(10-15)20(21,22)23/h3-10,17H,1-2H3,(H,25,27)(H2,24,26,28)/t17-/m1/s1. The number of rotatable bonds is 3. The smallest absolute Gasteiger partial charge is 0.327 e. The summed E-state index contributed by atoms with van der Waals surface area (Å²) in [6.07, 6.45) is -4.51. The number of allylic oxidation sites excluding steroid dienone is 1. The second kappa shape index (κ2) is 7.38. The lowest BCUT2D eigenvalue weighted by molar-refractivity contribution is -0.137. The SMILES string of the molecule is CC1=C(C(=O)Nc2cccc(C(F)(F)F)c2)[C@@H](c2ccc(C)cc2)NC(=O)N1. The molecule has 0 aliphatic carbocycles. The second-order valence-electron chi connectivity index (χ2n) is 6.51. The van der Waals surface area contributed by atoms with E-state index in [2.05, 4.69) is 16.0 Å². The fourth-order valence-corrected chi connectivity index (χ4v) is 2.98. The average Bonchev–Trinajstić information content (AvgIpc) is 2.61. The Bertz CT molecular complexity index is 950. The van der Waals surface area contributed by atoms with Gasteiger partial charge in [0.25, 0.3) is 5.91 Å². The van der Waals surface area contributed by atoms with Gasteiger partial charge in [-0.05, 0) is 37.6 Å². The zero-order chi connectivity index (χ0) is 20.5. The Morgan fingerprint density at radius 2 is 1.75 bits per heavy atom. The van der Waals surface area contributed by atoms with E-state index >= 15 is 0 Å². The second-order valence-corrected chi connectivity index (χ2v) is 6.51. The highest BCUT2D eigenvalue weighted by Crippen LogP contribution is 2.32. The van der Waals surface area contributed by atoms with Gasteiger partial charge in [-0.3, -0.25) is 4.79 Å². The first-order valence-corrected chi connectivity index (χ1v) is 8.48. The minimum atomic E-state index is -4.51. The highest BCUT2D eigenvalue weighted by Gasteiger charge is 2.33. The molecule has 1 aliphatic rings. The van der Waals surface area contributed by atoms with Crippen LogP contribution in [0, 0.1) is 6.92 Å². The van der Waals surface area contributed by atoms with Crippen molar-refractivity contribution in [2.45, 2.75) is 26.1 Å². The van der Waals surface area contributed by atoms with Crippen LogP contribution in [0.3, 0.4) is 0 Å². The molecule has 5 nitrogen and oxygen atoms in total. The van der Waals surface area contributed by atoms with Gasteiger partial charge in [-0.1, -0.05) is 35.9 Å². The minimum Gasteiger partial charge on any atom is -0.327 e. The molecule has 0 radical (unpaired) electrons. The lowest BCUT2D eigenvalue weighted by Crippen LogP contribution is -2.45. The van der Waals surface area contributed by atoms with Crippen molar-refractivity contribution in [1.82, 2.24) is 10.6 Å². The molecule has 0 spiro atoms. The zero-order valence-electron chi connectivity index (χ0n) is 15.1. The maximum absolute atomic E-state index is 12.9. The largest absolute Gasteiger partial charge is 0.416 e. The van der Waals surface area contributed by atoms with Crippen LogP contribution in [0.4, 0.5) is 23.7 Å². The molecule has 28 heavy (non-hydrogen) atoms. The first kappa shape index (κ1) is 19.5. The van der Waals surface area contributed by atoms with E-state index in [0.29, 0.717) is 11.3 Å². The van der Waals surface area contributed by atoms with Gasteiger partial charge in [0.1, 0.15) is 0 Å². The van der Waals surface area contributed by atoms with E-state index in [4.69, 9.17) is 0 Å². The van der Waals surface area contributed by atoms with E-state index in [9.17, 15) is 22.8 Å². The van der Waals surface area contributed by atoms with Crippen molar-refractivity contribution in [2.24, 2.45) is 0 Å². The number of anilines is 1. The molecule has 3 amide bonds. The number of hydrogen-bond acceptors (Lipinski definition) is 2. The van der Waals surface area contributed by atoms with E-state index in [1.807, 2.05) is 19.1 Å². The molecule has 3 N–H and O–H groups in total. The average molecular weight is 389 g/mol. The third-order valence-electron chi connectivity index (χ3n) is 4.37. The van der Waals surface area contributed by atoms with Crippen LogP contribution < -0.4 is 16.0 Å². The van der Waals surface area contributed by atoms with Crippen molar-refractivity contribution in [2.75, 3.05) is 5.32 Å². The van der Waals surface area contributed by atoms with Gasteiger partial charge < -0.3 is 16.0 Å². The van der Waals surface area contributed by atoms with Gasteiger partial charge in [0.15, 0.2) is 0 Å². The van der Waals surface area contributed by atoms with Crippen molar-refractivity contribution in [3.8, 4) is 0 Å². The highest BCUT2D eigenvalue weighted by molar-refractivity contribution is 6.06. The molecule has 1 aliphatic heterocycles. The molecule has 0 saturated carbocycles. The number of aryl methyl sites for hydroxylation is 1. The number of halogens is 3. The Balaban J connectivity index is 1.92. The van der Waals surface area contributed by atoms with Crippen LogP contribution in [0.15, 0.2) is 59.8 Å². The summed E-state index contributed by atoms with van der Waals surface area (Å²) in [4.78, 5) is 24.7. The van der Waals surface area contributed by atoms with Crippen LogP contribution in [0.25, 0.3) is 0 Å². The Morgan fingerprint density at radius 3 is 2.39 bits per heavy atom. The lowest BCUT2D eigenvalue weighted by atomic mass is 9.94. The Morgan fingerprint density at radius 1 is 1.07 bits per heavy atom. The molecule has 0 saturated heterocycles. The highest BCUT2D eigenvalue weighted by atomic mass is 19.4. The fraction of sp³-hybridized carbons (Fsp3) is 0.200. The molecular formula is C20H18F3N3O2. The topological polar surface area (TPSA) is 70.2 Å². The lowest BCUT2D eigenvalue weighted by Gasteiger charge is -2.28. The van der Waals surface area contributed by atoms with E-state index < -0.39 is 29.7 Å². The number of urea groups is 1. The summed E-state index contributed by atoms with van der Waals surface area (Å²) < 4.78 is 38.7. The molecule has 2 aromatic rings. The Labute approximate surface area is 159 Å². The zero-order valence-corrected chi connectivity index (χ0v) is 15.1. The van der Waals surface area contributed by atoms with Gasteiger partial charge in [-0.25, -0.2) is 4.79 Å². The van der Waals surface area contributed by atoms with E-state index in [-0.39, 0.29) is 11.3 Å². The van der Waals surface area contributed by atoms with Crippen molar-refractivity contribution >= 4 is 17.6 Å². The number of nitrogens with one attached hydrogen (secondary N) is 3. The molecule has 1 atom stereocenters. The molecule has 1 heterocycles. The van der Waals surface area contributed by atoms with Crippen LogP contribution in [0.1, 0.15) is 29.7 Å². The van der Waals surface area contributed by atoms with Crippen molar-refractivity contribution in [1.29, 1.82) is 0 Å². The quantitative estimate of drug-likeness (QED) is 0.733. The van der Waals surface area contributed by atoms with Gasteiger partial charge in [0.2, 0.25) is 0 Å². The van der Waals surface area contributed by atoms with Crippen molar-refractivity contribution in [3.63, 3.8) is 0 Å². The number of hydrogen-bond donors (Lipinski definition) is 3. The van der Waals surface area contributed by atoms with Crippen LogP contribution >= 0.6 is 0 Å².